The lowest BCUT2D eigenvalue weighted by Gasteiger charge is -2.32. The van der Waals surface area contributed by atoms with Crippen molar-refractivity contribution in [1.82, 2.24) is 14.2 Å². The molecular weight excluding hydrogens is 292 g/mol. The van der Waals surface area contributed by atoms with E-state index in [1.165, 1.54) is 0 Å². The van der Waals surface area contributed by atoms with Crippen LogP contribution in [0.1, 0.15) is 29.0 Å². The van der Waals surface area contributed by atoms with E-state index < -0.39 is 10.2 Å². The van der Waals surface area contributed by atoms with Crippen molar-refractivity contribution >= 4 is 16.1 Å². The van der Waals surface area contributed by atoms with E-state index in [2.05, 4.69) is 4.72 Å². The van der Waals surface area contributed by atoms with Crippen molar-refractivity contribution in [2.45, 2.75) is 19.8 Å². The Labute approximate surface area is 125 Å². The largest absolute Gasteiger partial charge is 0.344 e. The van der Waals surface area contributed by atoms with E-state index in [-0.39, 0.29) is 18.4 Å². The zero-order valence-corrected chi connectivity index (χ0v) is 13.2. The van der Waals surface area contributed by atoms with Crippen LogP contribution in [0.15, 0.2) is 12.1 Å². The first-order valence-electron chi connectivity index (χ1n) is 6.97. The van der Waals surface area contributed by atoms with Crippen LogP contribution in [0.5, 0.6) is 0 Å². The molecule has 2 rings (SSSR count). The van der Waals surface area contributed by atoms with E-state index in [0.29, 0.717) is 18.8 Å². The van der Waals surface area contributed by atoms with Crippen LogP contribution in [0.4, 0.5) is 0 Å². The summed E-state index contributed by atoms with van der Waals surface area (Å²) in [6, 6.07) is 3.74. The van der Waals surface area contributed by atoms with Crippen LogP contribution in [0, 0.1) is 12.8 Å². The zero-order chi connectivity index (χ0) is 15.6. The van der Waals surface area contributed by atoms with Gasteiger partial charge in [0.25, 0.3) is 16.1 Å². The summed E-state index contributed by atoms with van der Waals surface area (Å²) in [7, 11) is -1.81. The number of carbonyl (C=O) groups excluding carboxylic acids is 1. The van der Waals surface area contributed by atoms with Crippen molar-refractivity contribution in [1.29, 1.82) is 0 Å². The van der Waals surface area contributed by atoms with E-state index in [9.17, 15) is 13.2 Å². The van der Waals surface area contributed by atoms with Crippen LogP contribution in [-0.4, -0.2) is 43.4 Å². The standard InChI is InChI=1S/C13H22N4O3S/c1-10-5-6-12(16(10)2)13(18)17-7-3-4-11(9-17)8-15-21(14,19)20/h5-6,11,15H,3-4,7-9H2,1-2H3,(H2,14,19,20). The summed E-state index contributed by atoms with van der Waals surface area (Å²) in [5, 5.41) is 4.94. The van der Waals surface area contributed by atoms with Gasteiger partial charge in [0.2, 0.25) is 0 Å². The molecular formula is C13H22N4O3S. The minimum Gasteiger partial charge on any atom is -0.344 e. The van der Waals surface area contributed by atoms with Gasteiger partial charge in [0.1, 0.15) is 5.69 Å². The number of hydrogen-bond acceptors (Lipinski definition) is 3. The van der Waals surface area contributed by atoms with Crippen molar-refractivity contribution in [2.75, 3.05) is 19.6 Å². The molecule has 0 aromatic carbocycles. The Kier molecular flexibility index (Phi) is 4.70. The Bertz CT molecular complexity index is 623. The van der Waals surface area contributed by atoms with Crippen LogP contribution in [0.3, 0.4) is 0 Å². The summed E-state index contributed by atoms with van der Waals surface area (Å²) in [5.74, 6) is 0.0910. The lowest BCUT2D eigenvalue weighted by molar-refractivity contribution is 0.0666. The fraction of sp³-hybridized carbons (Fsp3) is 0.615. The van der Waals surface area contributed by atoms with Gasteiger partial charge in [-0.2, -0.15) is 8.42 Å². The van der Waals surface area contributed by atoms with Gasteiger partial charge in [-0.05, 0) is 37.8 Å². The van der Waals surface area contributed by atoms with Crippen LogP contribution in [0.2, 0.25) is 0 Å². The van der Waals surface area contributed by atoms with Gasteiger partial charge in [-0.1, -0.05) is 0 Å². The highest BCUT2D eigenvalue weighted by atomic mass is 32.2. The molecule has 0 aliphatic carbocycles. The number of aromatic nitrogens is 1. The van der Waals surface area contributed by atoms with E-state index in [1.807, 2.05) is 30.7 Å². The first-order valence-corrected chi connectivity index (χ1v) is 8.51. The molecule has 1 unspecified atom stereocenters. The molecule has 0 radical (unpaired) electrons. The van der Waals surface area contributed by atoms with Crippen molar-refractivity contribution in [3.05, 3.63) is 23.5 Å². The molecule has 7 nitrogen and oxygen atoms in total. The fourth-order valence-electron chi connectivity index (χ4n) is 2.64. The minimum absolute atomic E-state index is 0.00842. The van der Waals surface area contributed by atoms with Gasteiger partial charge in [-0.3, -0.25) is 4.79 Å². The highest BCUT2D eigenvalue weighted by Gasteiger charge is 2.26. The van der Waals surface area contributed by atoms with Crippen molar-refractivity contribution in [3.63, 3.8) is 0 Å². The Hall–Kier alpha value is -1.38. The number of nitrogens with two attached hydrogens (primary N) is 1. The quantitative estimate of drug-likeness (QED) is 0.817. The first kappa shape index (κ1) is 16.0. The number of carbonyl (C=O) groups is 1. The smallest absolute Gasteiger partial charge is 0.274 e. The van der Waals surface area contributed by atoms with Gasteiger partial charge in [-0.15, -0.1) is 0 Å². The second kappa shape index (κ2) is 6.17. The molecule has 1 aromatic heterocycles. The molecule has 1 fully saturated rings. The van der Waals surface area contributed by atoms with Crippen molar-refractivity contribution < 1.29 is 13.2 Å². The number of nitrogens with zero attached hydrogens (tertiary/aromatic N) is 2. The fourth-order valence-corrected chi connectivity index (χ4v) is 3.11. The molecule has 1 aromatic rings. The first-order chi connectivity index (χ1) is 9.78. The Morgan fingerprint density at radius 3 is 2.76 bits per heavy atom. The number of likely N-dealkylation sites (tertiary alicyclic amines) is 1. The van der Waals surface area contributed by atoms with Gasteiger partial charge < -0.3 is 9.47 Å². The predicted octanol–water partition coefficient (Wildman–Crippen LogP) is -0.0212. The molecule has 118 valence electrons. The van der Waals surface area contributed by atoms with E-state index in [0.717, 1.165) is 18.5 Å². The summed E-state index contributed by atoms with van der Waals surface area (Å²) >= 11 is 0. The van der Waals surface area contributed by atoms with Gasteiger partial charge in [-0.25, -0.2) is 9.86 Å². The molecule has 0 bridgehead atoms. The highest BCUT2D eigenvalue weighted by molar-refractivity contribution is 7.87. The third kappa shape index (κ3) is 4.05. The topological polar surface area (TPSA) is 97.4 Å². The number of amides is 1. The highest BCUT2D eigenvalue weighted by Crippen LogP contribution is 2.19. The molecule has 3 N–H and O–H groups in total. The second-order valence-electron chi connectivity index (χ2n) is 5.57. The number of nitrogens with one attached hydrogen (secondary N) is 1. The lowest BCUT2D eigenvalue weighted by Crippen LogP contribution is -2.45. The van der Waals surface area contributed by atoms with Gasteiger partial charge in [0.05, 0.1) is 0 Å². The summed E-state index contributed by atoms with van der Waals surface area (Å²) in [6.07, 6.45) is 1.75. The van der Waals surface area contributed by atoms with E-state index in [4.69, 9.17) is 5.14 Å². The average Bonchev–Trinajstić information content (AvgIpc) is 2.76. The van der Waals surface area contributed by atoms with Crippen LogP contribution < -0.4 is 9.86 Å². The van der Waals surface area contributed by atoms with Crippen LogP contribution in [0.25, 0.3) is 0 Å². The van der Waals surface area contributed by atoms with Gasteiger partial charge in [0.15, 0.2) is 0 Å². The molecule has 0 spiro atoms. The molecule has 1 aliphatic rings. The molecule has 1 saturated heterocycles. The molecule has 2 heterocycles. The van der Waals surface area contributed by atoms with Crippen molar-refractivity contribution in [2.24, 2.45) is 18.1 Å². The summed E-state index contributed by atoms with van der Waals surface area (Å²) in [5.41, 5.74) is 1.69. The number of aryl methyl sites for hydroxylation is 1. The molecule has 1 atom stereocenters. The minimum atomic E-state index is -3.67. The SMILES string of the molecule is Cc1ccc(C(=O)N2CCCC(CNS(N)(=O)=O)C2)n1C. The molecule has 8 heteroatoms. The maximum atomic E-state index is 12.5. The lowest BCUT2D eigenvalue weighted by atomic mass is 9.98. The third-order valence-corrected chi connectivity index (χ3v) is 4.54. The van der Waals surface area contributed by atoms with Gasteiger partial charge in [0, 0.05) is 32.4 Å². The van der Waals surface area contributed by atoms with Crippen molar-refractivity contribution in [3.8, 4) is 0 Å². The molecule has 0 saturated carbocycles. The Morgan fingerprint density at radius 2 is 2.19 bits per heavy atom. The number of rotatable bonds is 4. The Morgan fingerprint density at radius 1 is 1.48 bits per heavy atom. The summed E-state index contributed by atoms with van der Waals surface area (Å²) in [4.78, 5) is 14.3. The normalized spacial score (nSPS) is 19.8. The van der Waals surface area contributed by atoms with Crippen LogP contribution >= 0.6 is 0 Å². The third-order valence-electron chi connectivity index (χ3n) is 3.97. The van der Waals surface area contributed by atoms with E-state index in [1.54, 1.807) is 4.90 Å². The maximum absolute atomic E-state index is 12.5. The van der Waals surface area contributed by atoms with Gasteiger partial charge >= 0.3 is 0 Å². The molecule has 21 heavy (non-hydrogen) atoms. The average molecular weight is 314 g/mol. The molecule has 1 amide bonds. The zero-order valence-electron chi connectivity index (χ0n) is 12.4. The molecule has 1 aliphatic heterocycles. The monoisotopic (exact) mass is 314 g/mol. The van der Waals surface area contributed by atoms with E-state index >= 15 is 0 Å². The van der Waals surface area contributed by atoms with Crippen LogP contribution in [-0.2, 0) is 17.3 Å². The Balaban J connectivity index is 2.00. The maximum Gasteiger partial charge on any atom is 0.274 e. The number of hydrogen-bond donors (Lipinski definition) is 2. The second-order valence-corrected chi connectivity index (χ2v) is 6.95. The number of piperidine rings is 1. The summed E-state index contributed by atoms with van der Waals surface area (Å²) < 4.78 is 26.1. The summed E-state index contributed by atoms with van der Waals surface area (Å²) in [6.45, 7) is 3.47. The predicted molar refractivity (Wildman–Crippen MR) is 79.9 cm³/mol.